The van der Waals surface area contributed by atoms with Crippen LogP contribution >= 0.6 is 24.4 Å². The van der Waals surface area contributed by atoms with Gasteiger partial charge in [0.2, 0.25) is 0 Å². The number of thioether (sulfide) groups is 1. The molecule has 0 saturated carbocycles. The molecule has 1 aliphatic rings. The Bertz CT molecular complexity index is 334. The second kappa shape index (κ2) is 5.47. The van der Waals surface area contributed by atoms with Gasteiger partial charge in [-0.15, -0.1) is 0 Å². The van der Waals surface area contributed by atoms with Gasteiger partial charge >= 0.3 is 0 Å². The van der Waals surface area contributed by atoms with E-state index in [-0.39, 0.29) is 0 Å². The van der Waals surface area contributed by atoms with Gasteiger partial charge in [-0.05, 0) is 24.0 Å². The van der Waals surface area contributed by atoms with Crippen LogP contribution in [0.15, 0.2) is 17.6 Å². The first-order valence-corrected chi connectivity index (χ1v) is 7.16. The minimum Gasteiger partial charge on any atom is -0.381 e. The summed E-state index contributed by atoms with van der Waals surface area (Å²) in [5, 5.41) is 1.09. The fraction of sp³-hybridized carbons (Fsp3) is 0.727. The summed E-state index contributed by atoms with van der Waals surface area (Å²) >= 11 is 6.34. The first-order chi connectivity index (χ1) is 7.76. The molecule has 0 atom stereocenters. The van der Waals surface area contributed by atoms with Crippen LogP contribution in [0.1, 0.15) is 12.8 Å². The maximum absolute atomic E-state index is 5.42. The quantitative estimate of drug-likeness (QED) is 0.663. The van der Waals surface area contributed by atoms with E-state index in [0.29, 0.717) is 5.41 Å². The van der Waals surface area contributed by atoms with Gasteiger partial charge in [-0.3, -0.25) is 0 Å². The average molecular weight is 258 g/mol. The van der Waals surface area contributed by atoms with Crippen molar-refractivity contribution in [2.75, 3.05) is 24.7 Å². The summed E-state index contributed by atoms with van der Waals surface area (Å²) in [6.45, 7) is 1.75. The van der Waals surface area contributed by atoms with Gasteiger partial charge < -0.3 is 9.30 Å². The fourth-order valence-electron chi connectivity index (χ4n) is 1.86. The number of aryl methyl sites for hydroxylation is 1. The van der Waals surface area contributed by atoms with Crippen molar-refractivity contribution in [2.45, 2.75) is 18.0 Å². The van der Waals surface area contributed by atoms with Crippen molar-refractivity contribution < 1.29 is 4.74 Å². The van der Waals surface area contributed by atoms with Crippen molar-refractivity contribution in [3.8, 4) is 0 Å². The van der Waals surface area contributed by atoms with Crippen LogP contribution in [-0.2, 0) is 11.8 Å². The van der Waals surface area contributed by atoms with E-state index in [4.69, 9.17) is 4.74 Å². The third-order valence-electron chi connectivity index (χ3n) is 3.17. The molecule has 1 fully saturated rings. The average Bonchev–Trinajstić information content (AvgIpc) is 2.74. The first-order valence-electron chi connectivity index (χ1n) is 5.54. The smallest absolute Gasteiger partial charge is 0.167 e. The van der Waals surface area contributed by atoms with Crippen molar-refractivity contribution in [3.05, 3.63) is 12.4 Å². The summed E-state index contributed by atoms with van der Waals surface area (Å²) in [5.41, 5.74) is 0.331. The highest BCUT2D eigenvalue weighted by Gasteiger charge is 2.31. The van der Waals surface area contributed by atoms with Crippen LogP contribution in [0.2, 0.25) is 0 Å². The number of ether oxygens (including phenoxy) is 1. The summed E-state index contributed by atoms with van der Waals surface area (Å²) in [6.07, 6.45) is 6.07. The molecule has 1 saturated heterocycles. The number of imidazole rings is 1. The van der Waals surface area contributed by atoms with E-state index in [1.165, 1.54) is 0 Å². The maximum atomic E-state index is 5.42. The molecule has 16 heavy (non-hydrogen) atoms. The molecule has 0 aliphatic carbocycles. The molecular weight excluding hydrogens is 240 g/mol. The molecule has 90 valence electrons. The third-order valence-corrected chi connectivity index (χ3v) is 5.25. The zero-order chi connectivity index (χ0) is 11.4. The van der Waals surface area contributed by atoms with Gasteiger partial charge in [0.25, 0.3) is 0 Å². The molecule has 2 rings (SSSR count). The van der Waals surface area contributed by atoms with E-state index in [2.05, 4.69) is 22.2 Å². The van der Waals surface area contributed by atoms with Crippen LogP contribution in [0.4, 0.5) is 0 Å². The van der Waals surface area contributed by atoms with Gasteiger partial charge in [-0.25, -0.2) is 4.98 Å². The predicted octanol–water partition coefficient (Wildman–Crippen LogP) is 2.24. The Labute approximate surface area is 106 Å². The third kappa shape index (κ3) is 2.76. The van der Waals surface area contributed by atoms with E-state index in [0.717, 1.165) is 42.7 Å². The molecule has 3 nitrogen and oxygen atoms in total. The molecule has 0 bridgehead atoms. The molecule has 1 aromatic rings. The summed E-state index contributed by atoms with van der Waals surface area (Å²) in [6, 6.07) is 0. The summed E-state index contributed by atoms with van der Waals surface area (Å²) in [5.74, 6) is 2.03. The zero-order valence-corrected chi connectivity index (χ0v) is 11.3. The predicted molar refractivity (Wildman–Crippen MR) is 70.3 cm³/mol. The zero-order valence-electron chi connectivity index (χ0n) is 9.56. The molecule has 5 heteroatoms. The maximum Gasteiger partial charge on any atom is 0.167 e. The highest BCUT2D eigenvalue weighted by molar-refractivity contribution is 7.99. The molecule has 1 aliphatic heterocycles. The molecule has 0 N–H and O–H groups in total. The topological polar surface area (TPSA) is 27.1 Å². The summed E-state index contributed by atoms with van der Waals surface area (Å²) in [4.78, 5) is 4.34. The Hall–Kier alpha value is -0.130. The number of rotatable bonds is 4. The van der Waals surface area contributed by atoms with Gasteiger partial charge in [0.15, 0.2) is 5.16 Å². The van der Waals surface area contributed by atoms with Crippen molar-refractivity contribution >= 4 is 24.4 Å². The molecule has 0 unspecified atom stereocenters. The van der Waals surface area contributed by atoms with Gasteiger partial charge in [0.05, 0.1) is 0 Å². The lowest BCUT2D eigenvalue weighted by atomic mass is 9.84. The van der Waals surface area contributed by atoms with Crippen LogP contribution in [0.3, 0.4) is 0 Å². The monoisotopic (exact) mass is 258 g/mol. The lowest BCUT2D eigenvalue weighted by Gasteiger charge is -2.35. The number of aromatic nitrogens is 2. The minimum absolute atomic E-state index is 0.331. The molecule has 0 radical (unpaired) electrons. The number of nitrogens with zero attached hydrogens (tertiary/aromatic N) is 2. The largest absolute Gasteiger partial charge is 0.381 e. The van der Waals surface area contributed by atoms with E-state index in [9.17, 15) is 0 Å². The van der Waals surface area contributed by atoms with E-state index in [1.807, 2.05) is 31.2 Å². The van der Waals surface area contributed by atoms with Crippen LogP contribution in [-0.4, -0.2) is 34.3 Å². The highest BCUT2D eigenvalue weighted by Crippen LogP contribution is 2.36. The molecule has 0 amide bonds. The number of hydrogen-bond donors (Lipinski definition) is 1. The lowest BCUT2D eigenvalue weighted by Crippen LogP contribution is -2.33. The summed E-state index contributed by atoms with van der Waals surface area (Å²) < 4.78 is 7.49. The van der Waals surface area contributed by atoms with Gasteiger partial charge in [0.1, 0.15) is 0 Å². The molecule has 0 aromatic carbocycles. The SMILES string of the molecule is Cn1ccnc1SCC1(CS)CCOCC1. The first kappa shape index (κ1) is 12.3. The van der Waals surface area contributed by atoms with Crippen LogP contribution in [0.25, 0.3) is 0 Å². The minimum atomic E-state index is 0.331. The second-order valence-corrected chi connectivity index (χ2v) is 5.64. The van der Waals surface area contributed by atoms with Crippen molar-refractivity contribution in [3.63, 3.8) is 0 Å². The normalized spacial score (nSPS) is 19.9. The van der Waals surface area contributed by atoms with Crippen molar-refractivity contribution in [1.82, 2.24) is 9.55 Å². The molecule has 2 heterocycles. The number of thiol groups is 1. The molecule has 0 spiro atoms. The lowest BCUT2D eigenvalue weighted by molar-refractivity contribution is 0.0371. The summed E-state index contributed by atoms with van der Waals surface area (Å²) in [7, 11) is 2.03. The second-order valence-electron chi connectivity index (χ2n) is 4.38. The van der Waals surface area contributed by atoms with E-state index in [1.54, 1.807) is 0 Å². The Morgan fingerprint density at radius 2 is 2.31 bits per heavy atom. The van der Waals surface area contributed by atoms with Gasteiger partial charge in [-0.1, -0.05) is 11.8 Å². The van der Waals surface area contributed by atoms with Crippen LogP contribution in [0.5, 0.6) is 0 Å². The molecule has 1 aromatic heterocycles. The Kier molecular flexibility index (Phi) is 4.21. The Morgan fingerprint density at radius 1 is 1.56 bits per heavy atom. The van der Waals surface area contributed by atoms with Gasteiger partial charge in [0, 0.05) is 38.4 Å². The number of hydrogen-bond acceptors (Lipinski definition) is 4. The van der Waals surface area contributed by atoms with E-state index < -0.39 is 0 Å². The highest BCUT2D eigenvalue weighted by atomic mass is 32.2. The van der Waals surface area contributed by atoms with Crippen molar-refractivity contribution in [1.29, 1.82) is 0 Å². The van der Waals surface area contributed by atoms with E-state index >= 15 is 0 Å². The Balaban J connectivity index is 1.94. The fourth-order valence-corrected chi connectivity index (χ4v) is 3.67. The van der Waals surface area contributed by atoms with Crippen molar-refractivity contribution in [2.24, 2.45) is 12.5 Å². The van der Waals surface area contributed by atoms with Crippen LogP contribution in [0, 0.1) is 5.41 Å². The van der Waals surface area contributed by atoms with Gasteiger partial charge in [-0.2, -0.15) is 12.6 Å². The standard InChI is InChI=1S/C11H18N2OS2/c1-13-5-4-12-10(13)16-9-11(8-15)2-6-14-7-3-11/h4-5,15H,2-3,6-9H2,1H3. The molecular formula is C11H18N2OS2. The Morgan fingerprint density at radius 3 is 2.88 bits per heavy atom. The van der Waals surface area contributed by atoms with Crippen LogP contribution < -0.4 is 0 Å².